The average molecular weight is 567 g/mol. The van der Waals surface area contributed by atoms with Crippen LogP contribution in [0.3, 0.4) is 0 Å². The normalized spacial score (nSPS) is 14.6. The van der Waals surface area contributed by atoms with Gasteiger partial charge in [0.05, 0.1) is 5.41 Å². The van der Waals surface area contributed by atoms with Gasteiger partial charge in [0.25, 0.3) is 0 Å². The zero-order valence-corrected chi connectivity index (χ0v) is 22.9. The zero-order valence-electron chi connectivity index (χ0n) is 20.5. The van der Waals surface area contributed by atoms with Crippen LogP contribution in [0.25, 0.3) is 18.2 Å². The molecule has 176 valence electrons. The second kappa shape index (κ2) is 11.1. The predicted molar refractivity (Wildman–Crippen MR) is 153 cm³/mol. The summed E-state index contributed by atoms with van der Waals surface area (Å²) in [6.45, 7) is 7.88. The number of aromatic nitrogens is 1. The van der Waals surface area contributed by atoms with Gasteiger partial charge in [-0.25, -0.2) is 4.57 Å². The van der Waals surface area contributed by atoms with Crippen LogP contribution in [0.2, 0.25) is 0 Å². The third kappa shape index (κ3) is 5.49. The summed E-state index contributed by atoms with van der Waals surface area (Å²) in [5, 5.41) is 10.4. The van der Waals surface area contributed by atoms with Crippen molar-refractivity contribution in [2.75, 3.05) is 6.54 Å². The van der Waals surface area contributed by atoms with Crippen LogP contribution in [0.5, 0.6) is 5.75 Å². The summed E-state index contributed by atoms with van der Waals surface area (Å²) in [6, 6.07) is 18.6. The van der Waals surface area contributed by atoms with Crippen LogP contribution in [0.15, 0.2) is 73.1 Å². The Kier molecular flexibility index (Phi) is 8.47. The number of hydrogen-bond donors (Lipinski definition) is 1. The number of fused-ring (bicyclic) bond motifs is 1. The number of aryl methyl sites for hydroxylation is 1. The molecule has 3 aromatic rings. The number of para-hydroxylation sites is 1. The van der Waals surface area contributed by atoms with E-state index in [2.05, 4.69) is 73.9 Å². The summed E-state index contributed by atoms with van der Waals surface area (Å²) in [7, 11) is 2.00. The van der Waals surface area contributed by atoms with Crippen molar-refractivity contribution >= 4 is 53.6 Å². The molecule has 2 heterocycles. The van der Waals surface area contributed by atoms with Crippen LogP contribution < -0.4 is 4.57 Å². The fraction of sp³-hybridized carbons (Fsp3) is 0.267. The highest BCUT2D eigenvalue weighted by molar-refractivity contribution is 14.0. The van der Waals surface area contributed by atoms with E-state index in [0.717, 1.165) is 29.7 Å². The molecule has 0 unspecified atom stereocenters. The first-order chi connectivity index (χ1) is 15.9. The Morgan fingerprint density at radius 1 is 0.882 bits per heavy atom. The number of hydrogen-bond acceptors (Lipinski definition) is 1. The van der Waals surface area contributed by atoms with E-state index in [0.29, 0.717) is 0 Å². The lowest BCUT2D eigenvalue weighted by molar-refractivity contribution is -0.671. The van der Waals surface area contributed by atoms with Gasteiger partial charge in [-0.2, -0.15) is 4.58 Å². The van der Waals surface area contributed by atoms with Crippen molar-refractivity contribution in [2.45, 2.75) is 39.0 Å². The molecular formula is C30H35IN2O+2. The molecule has 1 aliphatic heterocycles. The minimum atomic E-state index is -0.0516. The van der Waals surface area contributed by atoms with Crippen molar-refractivity contribution in [1.29, 1.82) is 0 Å². The van der Waals surface area contributed by atoms with Gasteiger partial charge in [0.1, 0.15) is 19.3 Å². The SMILES string of the molecule is CCCC[N+]1=C(/C=C/c2ccc(O)c(/C=C/c3cc[n+](C)cc3)c2)C(C)(C)c2ccccc21.I. The van der Waals surface area contributed by atoms with Gasteiger partial charge in [0.15, 0.2) is 18.1 Å². The van der Waals surface area contributed by atoms with Crippen molar-refractivity contribution in [3.8, 4) is 5.75 Å². The third-order valence-electron chi connectivity index (χ3n) is 6.48. The Hall–Kier alpha value is -2.73. The summed E-state index contributed by atoms with van der Waals surface area (Å²) in [5.74, 6) is 0.288. The maximum Gasteiger partial charge on any atom is 0.209 e. The lowest BCUT2D eigenvalue weighted by atomic mass is 9.81. The topological polar surface area (TPSA) is 27.1 Å². The molecule has 0 saturated heterocycles. The van der Waals surface area contributed by atoms with Crippen LogP contribution >= 0.6 is 24.0 Å². The minimum absolute atomic E-state index is 0. The zero-order chi connectivity index (χ0) is 23.4. The van der Waals surface area contributed by atoms with Crippen molar-refractivity contribution in [1.82, 2.24) is 0 Å². The van der Waals surface area contributed by atoms with E-state index in [-0.39, 0.29) is 35.1 Å². The summed E-state index contributed by atoms with van der Waals surface area (Å²) < 4.78 is 4.48. The van der Waals surface area contributed by atoms with Crippen LogP contribution in [0.4, 0.5) is 5.69 Å². The van der Waals surface area contributed by atoms with Gasteiger partial charge in [-0.1, -0.05) is 49.8 Å². The van der Waals surface area contributed by atoms with E-state index in [1.807, 2.05) is 48.3 Å². The average Bonchev–Trinajstić information content (AvgIpc) is 3.03. The molecule has 4 rings (SSSR count). The fourth-order valence-corrected chi connectivity index (χ4v) is 4.49. The van der Waals surface area contributed by atoms with Gasteiger partial charge in [0, 0.05) is 41.8 Å². The molecule has 0 radical (unpaired) electrons. The molecule has 1 N–H and O–H groups in total. The molecule has 0 bridgehead atoms. The number of rotatable bonds is 7. The lowest BCUT2D eigenvalue weighted by Crippen LogP contribution is -2.27. The minimum Gasteiger partial charge on any atom is -0.507 e. The van der Waals surface area contributed by atoms with Gasteiger partial charge < -0.3 is 5.11 Å². The molecule has 0 fully saturated rings. The van der Waals surface area contributed by atoms with Crippen molar-refractivity contribution in [3.63, 3.8) is 0 Å². The first-order valence-electron chi connectivity index (χ1n) is 11.8. The fourth-order valence-electron chi connectivity index (χ4n) is 4.49. The number of phenols is 1. The number of allylic oxidation sites excluding steroid dienone is 1. The Bertz CT molecular complexity index is 1240. The summed E-state index contributed by atoms with van der Waals surface area (Å²) >= 11 is 0. The van der Waals surface area contributed by atoms with Gasteiger partial charge in [-0.15, -0.1) is 24.0 Å². The van der Waals surface area contributed by atoms with Crippen LogP contribution in [0.1, 0.15) is 55.9 Å². The number of unbranched alkanes of at least 4 members (excludes halogenated alkanes) is 1. The molecule has 34 heavy (non-hydrogen) atoms. The first-order valence-corrected chi connectivity index (χ1v) is 11.8. The lowest BCUT2D eigenvalue weighted by Gasteiger charge is -2.15. The summed E-state index contributed by atoms with van der Waals surface area (Å²) in [4.78, 5) is 0. The number of pyridine rings is 1. The first kappa shape index (κ1) is 25.9. The number of aromatic hydroxyl groups is 1. The molecule has 0 saturated carbocycles. The number of nitrogens with zero attached hydrogens (tertiary/aromatic N) is 2. The van der Waals surface area contributed by atoms with Crippen molar-refractivity contribution in [2.24, 2.45) is 7.05 Å². The molecule has 0 atom stereocenters. The second-order valence-electron chi connectivity index (χ2n) is 9.31. The molecule has 1 aromatic heterocycles. The molecule has 0 spiro atoms. The highest BCUT2D eigenvalue weighted by Gasteiger charge is 2.43. The van der Waals surface area contributed by atoms with E-state index in [1.54, 1.807) is 6.07 Å². The third-order valence-corrected chi connectivity index (χ3v) is 6.48. The number of phenolic OH excluding ortho intramolecular Hbond substituents is 1. The van der Waals surface area contributed by atoms with Crippen molar-refractivity contribution < 1.29 is 14.2 Å². The van der Waals surface area contributed by atoms with Crippen LogP contribution in [0, 0.1) is 0 Å². The standard InChI is InChI=1S/C30H33N2O.HI/c1-5-6-19-32-27-10-8-7-9-26(27)30(2,3)29(32)16-13-24-12-15-28(33)25(22-24)14-11-23-17-20-31(4)21-18-23;/h7-18,20-22H,5-6,19H2,1-4H3;1H/q+1;/p+1. The number of halogens is 1. The van der Waals surface area contributed by atoms with Crippen LogP contribution in [-0.4, -0.2) is 21.9 Å². The maximum absolute atomic E-state index is 10.4. The van der Waals surface area contributed by atoms with Gasteiger partial charge in [-0.05, 0) is 43.2 Å². The highest BCUT2D eigenvalue weighted by Crippen LogP contribution is 2.40. The monoisotopic (exact) mass is 566 g/mol. The predicted octanol–water partition coefficient (Wildman–Crippen LogP) is 6.89. The quantitative estimate of drug-likeness (QED) is 0.245. The molecule has 1 aliphatic rings. The Labute approximate surface area is 220 Å². The van der Waals surface area contributed by atoms with Gasteiger partial charge in [0.2, 0.25) is 5.69 Å². The Balaban J connectivity index is 0.00000324. The Morgan fingerprint density at radius 2 is 1.59 bits per heavy atom. The van der Waals surface area contributed by atoms with E-state index in [1.165, 1.54) is 23.4 Å². The Morgan fingerprint density at radius 3 is 2.32 bits per heavy atom. The highest BCUT2D eigenvalue weighted by atomic mass is 127. The van der Waals surface area contributed by atoms with Crippen LogP contribution in [-0.2, 0) is 12.5 Å². The molecule has 4 heteroatoms. The van der Waals surface area contributed by atoms with Gasteiger partial charge in [-0.3, -0.25) is 0 Å². The van der Waals surface area contributed by atoms with E-state index < -0.39 is 0 Å². The molecule has 2 aromatic carbocycles. The number of benzene rings is 2. The van der Waals surface area contributed by atoms with Crippen molar-refractivity contribution in [3.05, 3.63) is 95.3 Å². The molecular weight excluding hydrogens is 531 g/mol. The second-order valence-corrected chi connectivity index (χ2v) is 9.31. The summed E-state index contributed by atoms with van der Waals surface area (Å²) in [6.07, 6.45) is 14.8. The summed E-state index contributed by atoms with van der Waals surface area (Å²) in [5.41, 5.74) is 6.95. The largest absolute Gasteiger partial charge is 0.507 e. The van der Waals surface area contributed by atoms with E-state index in [9.17, 15) is 5.11 Å². The smallest absolute Gasteiger partial charge is 0.209 e. The van der Waals surface area contributed by atoms with E-state index in [4.69, 9.17) is 0 Å². The van der Waals surface area contributed by atoms with E-state index >= 15 is 0 Å². The maximum atomic E-state index is 10.4. The molecule has 3 nitrogen and oxygen atoms in total. The van der Waals surface area contributed by atoms with Gasteiger partial charge >= 0.3 is 0 Å². The molecule has 0 aliphatic carbocycles. The molecule has 0 amide bonds.